The van der Waals surface area contributed by atoms with Gasteiger partial charge in [0.15, 0.2) is 0 Å². The van der Waals surface area contributed by atoms with Crippen LogP contribution in [-0.4, -0.2) is 5.91 Å². The highest BCUT2D eigenvalue weighted by Gasteiger charge is 2.15. The van der Waals surface area contributed by atoms with E-state index in [1.807, 2.05) is 48.5 Å². The number of amides is 1. The third-order valence-corrected chi connectivity index (χ3v) is 2.70. The standard InChI is InChI=1S/C15H16N2O2/c16-14(13-9-5-2-6-10-13)15(18)17-19-11-12-7-3-1-4-8-12/h1-10,14H,11,16H2,(H,17,18). The van der Waals surface area contributed by atoms with E-state index >= 15 is 0 Å². The summed E-state index contributed by atoms with van der Waals surface area (Å²) < 4.78 is 0. The zero-order valence-electron chi connectivity index (χ0n) is 10.5. The van der Waals surface area contributed by atoms with Crippen LogP contribution in [0.2, 0.25) is 0 Å². The van der Waals surface area contributed by atoms with E-state index in [2.05, 4.69) is 5.48 Å². The van der Waals surface area contributed by atoms with Crippen LogP contribution in [0.4, 0.5) is 0 Å². The van der Waals surface area contributed by atoms with Gasteiger partial charge in [0.25, 0.3) is 5.91 Å². The van der Waals surface area contributed by atoms with Gasteiger partial charge in [-0.25, -0.2) is 5.48 Å². The maximum Gasteiger partial charge on any atom is 0.265 e. The van der Waals surface area contributed by atoms with E-state index < -0.39 is 6.04 Å². The number of carbonyl (C=O) groups excluding carboxylic acids is 1. The maximum atomic E-state index is 11.8. The zero-order chi connectivity index (χ0) is 13.5. The summed E-state index contributed by atoms with van der Waals surface area (Å²) in [5, 5.41) is 0. The smallest absolute Gasteiger partial charge is 0.265 e. The lowest BCUT2D eigenvalue weighted by Crippen LogP contribution is -2.34. The Labute approximate surface area is 112 Å². The summed E-state index contributed by atoms with van der Waals surface area (Å²) >= 11 is 0. The second-order valence-electron chi connectivity index (χ2n) is 4.13. The van der Waals surface area contributed by atoms with Crippen LogP contribution in [-0.2, 0) is 16.2 Å². The van der Waals surface area contributed by atoms with Gasteiger partial charge in [0.2, 0.25) is 0 Å². The van der Waals surface area contributed by atoms with Crippen molar-refractivity contribution in [2.45, 2.75) is 12.6 Å². The molecule has 2 aromatic carbocycles. The molecule has 0 bridgehead atoms. The highest BCUT2D eigenvalue weighted by molar-refractivity contribution is 5.81. The Morgan fingerprint density at radius 1 is 1.05 bits per heavy atom. The van der Waals surface area contributed by atoms with Crippen LogP contribution in [0.3, 0.4) is 0 Å². The van der Waals surface area contributed by atoms with Crippen molar-refractivity contribution in [2.75, 3.05) is 0 Å². The van der Waals surface area contributed by atoms with Gasteiger partial charge in [-0.3, -0.25) is 9.63 Å². The van der Waals surface area contributed by atoms with Crippen molar-refractivity contribution < 1.29 is 9.63 Å². The normalized spacial score (nSPS) is 11.8. The number of benzene rings is 2. The second kappa shape index (κ2) is 6.68. The molecule has 0 aromatic heterocycles. The first-order valence-electron chi connectivity index (χ1n) is 6.03. The van der Waals surface area contributed by atoms with E-state index in [4.69, 9.17) is 10.6 Å². The van der Waals surface area contributed by atoms with E-state index in [0.717, 1.165) is 11.1 Å². The number of nitrogens with one attached hydrogen (secondary N) is 1. The number of rotatable bonds is 5. The lowest BCUT2D eigenvalue weighted by molar-refractivity contribution is -0.136. The van der Waals surface area contributed by atoms with E-state index in [0.29, 0.717) is 6.61 Å². The summed E-state index contributed by atoms with van der Waals surface area (Å²) in [6.45, 7) is 0.314. The minimum Gasteiger partial charge on any atom is -0.316 e. The molecule has 1 unspecified atom stereocenters. The first-order chi connectivity index (χ1) is 9.27. The lowest BCUT2D eigenvalue weighted by Gasteiger charge is -2.12. The summed E-state index contributed by atoms with van der Waals surface area (Å²) in [6.07, 6.45) is 0. The molecule has 4 heteroatoms. The molecule has 0 radical (unpaired) electrons. The van der Waals surface area contributed by atoms with Crippen molar-refractivity contribution in [3.63, 3.8) is 0 Å². The number of carbonyl (C=O) groups is 1. The molecule has 2 aromatic rings. The third-order valence-electron chi connectivity index (χ3n) is 2.70. The maximum absolute atomic E-state index is 11.8. The van der Waals surface area contributed by atoms with Crippen molar-refractivity contribution in [1.82, 2.24) is 5.48 Å². The van der Waals surface area contributed by atoms with Crippen molar-refractivity contribution in [1.29, 1.82) is 0 Å². The van der Waals surface area contributed by atoms with Gasteiger partial charge in [-0.1, -0.05) is 60.7 Å². The predicted octanol–water partition coefficient (Wildman–Crippen LogP) is 1.93. The molecule has 0 fully saturated rings. The van der Waals surface area contributed by atoms with Crippen molar-refractivity contribution in [2.24, 2.45) is 5.73 Å². The van der Waals surface area contributed by atoms with E-state index in [9.17, 15) is 4.79 Å². The number of nitrogens with two attached hydrogens (primary N) is 1. The van der Waals surface area contributed by atoms with Crippen LogP contribution in [0.15, 0.2) is 60.7 Å². The zero-order valence-corrected chi connectivity index (χ0v) is 10.5. The van der Waals surface area contributed by atoms with Crippen LogP contribution in [0.1, 0.15) is 17.2 Å². The Bertz CT molecular complexity index is 514. The fourth-order valence-electron chi connectivity index (χ4n) is 1.64. The summed E-state index contributed by atoms with van der Waals surface area (Å²) in [5.41, 5.74) is 9.93. The van der Waals surface area contributed by atoms with Crippen molar-refractivity contribution in [3.05, 3.63) is 71.8 Å². The van der Waals surface area contributed by atoms with E-state index in [1.54, 1.807) is 12.1 Å². The van der Waals surface area contributed by atoms with E-state index in [-0.39, 0.29) is 5.91 Å². The number of hydrogen-bond donors (Lipinski definition) is 2. The third kappa shape index (κ3) is 3.91. The number of hydrogen-bond acceptors (Lipinski definition) is 3. The highest BCUT2D eigenvalue weighted by atomic mass is 16.6. The molecule has 2 rings (SSSR count). The molecule has 0 spiro atoms. The van der Waals surface area contributed by atoms with Gasteiger partial charge < -0.3 is 5.73 Å². The van der Waals surface area contributed by atoms with Gasteiger partial charge in [0, 0.05) is 0 Å². The van der Waals surface area contributed by atoms with Crippen LogP contribution in [0, 0.1) is 0 Å². The first-order valence-corrected chi connectivity index (χ1v) is 6.03. The molecular weight excluding hydrogens is 240 g/mol. The number of hydroxylamine groups is 1. The molecule has 19 heavy (non-hydrogen) atoms. The van der Waals surface area contributed by atoms with Crippen LogP contribution < -0.4 is 11.2 Å². The van der Waals surface area contributed by atoms with Crippen molar-refractivity contribution in [3.8, 4) is 0 Å². The van der Waals surface area contributed by atoms with Gasteiger partial charge >= 0.3 is 0 Å². The Hall–Kier alpha value is -2.17. The molecule has 0 saturated heterocycles. The van der Waals surface area contributed by atoms with Crippen LogP contribution in [0.25, 0.3) is 0 Å². The van der Waals surface area contributed by atoms with Gasteiger partial charge in [0.05, 0.1) is 6.61 Å². The molecule has 0 aliphatic rings. The lowest BCUT2D eigenvalue weighted by atomic mass is 10.1. The van der Waals surface area contributed by atoms with Crippen LogP contribution in [0.5, 0.6) is 0 Å². The van der Waals surface area contributed by atoms with E-state index in [1.165, 1.54) is 0 Å². The summed E-state index contributed by atoms with van der Waals surface area (Å²) in [5.74, 6) is -0.359. The fraction of sp³-hybridized carbons (Fsp3) is 0.133. The first kappa shape index (κ1) is 13.3. The van der Waals surface area contributed by atoms with Gasteiger partial charge in [0.1, 0.15) is 6.04 Å². The average molecular weight is 256 g/mol. The molecule has 98 valence electrons. The average Bonchev–Trinajstić information content (AvgIpc) is 2.48. The largest absolute Gasteiger partial charge is 0.316 e. The van der Waals surface area contributed by atoms with Crippen molar-refractivity contribution >= 4 is 5.91 Å². The molecule has 0 heterocycles. The van der Waals surface area contributed by atoms with Gasteiger partial charge in [-0.15, -0.1) is 0 Å². The molecule has 0 aliphatic carbocycles. The minimum absolute atomic E-state index is 0.314. The molecule has 0 aliphatic heterocycles. The van der Waals surface area contributed by atoms with Crippen LogP contribution >= 0.6 is 0 Å². The van der Waals surface area contributed by atoms with Gasteiger partial charge in [-0.2, -0.15) is 0 Å². The molecule has 1 atom stereocenters. The molecule has 1 amide bonds. The molecule has 4 nitrogen and oxygen atoms in total. The Kier molecular flexibility index (Phi) is 4.66. The summed E-state index contributed by atoms with van der Waals surface area (Å²) in [4.78, 5) is 16.9. The molecule has 3 N–H and O–H groups in total. The topological polar surface area (TPSA) is 64.4 Å². The quantitative estimate of drug-likeness (QED) is 0.803. The fourth-order valence-corrected chi connectivity index (χ4v) is 1.64. The predicted molar refractivity (Wildman–Crippen MR) is 72.7 cm³/mol. The highest BCUT2D eigenvalue weighted by Crippen LogP contribution is 2.09. The van der Waals surface area contributed by atoms with Gasteiger partial charge in [-0.05, 0) is 11.1 Å². The summed E-state index contributed by atoms with van der Waals surface area (Å²) in [7, 11) is 0. The molecule has 0 saturated carbocycles. The summed E-state index contributed by atoms with van der Waals surface area (Å²) in [6, 6.07) is 18.0. The Morgan fingerprint density at radius 3 is 2.26 bits per heavy atom. The SMILES string of the molecule is NC(C(=O)NOCc1ccccc1)c1ccccc1. The Balaban J connectivity index is 1.82. The monoisotopic (exact) mass is 256 g/mol. The molecular formula is C15H16N2O2. The second-order valence-corrected chi connectivity index (χ2v) is 4.13. The Morgan fingerprint density at radius 2 is 1.63 bits per heavy atom. The minimum atomic E-state index is -0.725.